The Hall–Kier alpha value is -0.900. The van der Waals surface area contributed by atoms with Gasteiger partial charge in [0.2, 0.25) is 0 Å². The van der Waals surface area contributed by atoms with Crippen LogP contribution in [0.25, 0.3) is 0 Å². The lowest BCUT2D eigenvalue weighted by Gasteiger charge is -2.02. The average molecular weight is 212 g/mol. The maximum atomic E-state index is 11.5. The number of hydrogen-bond donors (Lipinski definition) is 0. The van der Waals surface area contributed by atoms with E-state index in [1.165, 1.54) is 6.07 Å². The summed E-state index contributed by atoms with van der Waals surface area (Å²) in [6.45, 7) is 3.61. The molecule has 1 rings (SSSR count). The smallest absolute Gasteiger partial charge is 0.195 e. The van der Waals surface area contributed by atoms with Gasteiger partial charge in [-0.2, -0.15) is 0 Å². The molecular weight excluding hydrogens is 198 g/mol. The van der Waals surface area contributed by atoms with Crippen LogP contribution in [0.5, 0.6) is 0 Å². The Morgan fingerprint density at radius 1 is 1.36 bits per heavy atom. The molecule has 0 fully saturated rings. The van der Waals surface area contributed by atoms with Crippen molar-refractivity contribution in [2.24, 2.45) is 0 Å². The van der Waals surface area contributed by atoms with Crippen LogP contribution in [0.3, 0.4) is 0 Å². The third kappa shape index (κ3) is 2.54. The van der Waals surface area contributed by atoms with Gasteiger partial charge in [0.1, 0.15) is 0 Å². The van der Waals surface area contributed by atoms with Crippen molar-refractivity contribution >= 4 is 9.84 Å². The first-order valence-corrected chi connectivity index (χ1v) is 6.28. The van der Waals surface area contributed by atoms with Crippen molar-refractivity contribution in [3.63, 3.8) is 0 Å². The molecule has 3 nitrogen and oxygen atoms in total. The molecule has 0 saturated heterocycles. The fourth-order valence-corrected chi connectivity index (χ4v) is 1.90. The second-order valence-electron chi connectivity index (χ2n) is 2.92. The van der Waals surface area contributed by atoms with E-state index < -0.39 is 9.84 Å². The van der Waals surface area contributed by atoms with E-state index in [9.17, 15) is 8.42 Å². The highest BCUT2D eigenvalue weighted by Crippen LogP contribution is 2.10. The van der Waals surface area contributed by atoms with Crippen molar-refractivity contribution in [2.45, 2.75) is 25.3 Å². The van der Waals surface area contributed by atoms with E-state index in [0.29, 0.717) is 0 Å². The van der Waals surface area contributed by atoms with E-state index in [1.807, 2.05) is 13.3 Å². The van der Waals surface area contributed by atoms with Crippen molar-refractivity contribution in [1.29, 1.82) is 0 Å². The Labute approximate surface area is 85.1 Å². The molecule has 0 spiro atoms. The van der Waals surface area contributed by atoms with Gasteiger partial charge in [-0.05, 0) is 18.6 Å². The minimum absolute atomic E-state index is 0.0928. The van der Waals surface area contributed by atoms with E-state index in [0.717, 1.165) is 12.1 Å². The molecule has 77 valence electrons. The molecule has 0 saturated carbocycles. The molecular formula is C10H14NO2S. The highest BCUT2D eigenvalue weighted by atomic mass is 32.2. The van der Waals surface area contributed by atoms with Crippen molar-refractivity contribution in [2.75, 3.05) is 5.75 Å². The summed E-state index contributed by atoms with van der Waals surface area (Å²) in [7, 11) is -3.17. The standard InChI is InChI=1S/C10H14NO2S/c1-3-6-9-7-5-8-10(11-9)14(12,13)4-2/h5-8H,3-4H2,1-2H3. The molecule has 0 aliphatic rings. The number of hydrogen-bond acceptors (Lipinski definition) is 3. The summed E-state index contributed by atoms with van der Waals surface area (Å²) >= 11 is 0. The predicted octanol–water partition coefficient (Wildman–Crippen LogP) is 1.84. The van der Waals surface area contributed by atoms with E-state index in [-0.39, 0.29) is 10.8 Å². The van der Waals surface area contributed by atoms with Crippen LogP contribution in [0.4, 0.5) is 0 Å². The minimum Gasteiger partial charge on any atom is -0.241 e. The first-order valence-electron chi connectivity index (χ1n) is 4.63. The number of pyridine rings is 1. The zero-order chi connectivity index (χ0) is 10.6. The number of sulfone groups is 1. The van der Waals surface area contributed by atoms with E-state index >= 15 is 0 Å². The van der Waals surface area contributed by atoms with Crippen LogP contribution < -0.4 is 0 Å². The van der Waals surface area contributed by atoms with E-state index in [4.69, 9.17) is 0 Å². The molecule has 14 heavy (non-hydrogen) atoms. The molecule has 1 heterocycles. The Kier molecular flexibility index (Phi) is 3.63. The quantitative estimate of drug-likeness (QED) is 0.765. The molecule has 0 bridgehead atoms. The van der Waals surface area contributed by atoms with Crippen LogP contribution in [0, 0.1) is 6.42 Å². The summed E-state index contributed by atoms with van der Waals surface area (Å²) in [4.78, 5) is 4.06. The van der Waals surface area contributed by atoms with Crippen LogP contribution in [-0.4, -0.2) is 19.2 Å². The SMILES string of the molecule is CC[CH]c1cccc(S(=O)(=O)CC)n1. The molecule has 0 aliphatic carbocycles. The second-order valence-corrected chi connectivity index (χ2v) is 5.14. The summed E-state index contributed by atoms with van der Waals surface area (Å²) in [6.07, 6.45) is 2.75. The molecule has 0 N–H and O–H groups in total. The molecule has 1 aromatic heterocycles. The maximum Gasteiger partial charge on any atom is 0.195 e. The lowest BCUT2D eigenvalue weighted by atomic mass is 10.2. The fourth-order valence-electron chi connectivity index (χ4n) is 1.07. The van der Waals surface area contributed by atoms with Crippen LogP contribution in [0.15, 0.2) is 23.2 Å². The summed E-state index contributed by atoms with van der Waals surface area (Å²) in [5.41, 5.74) is 0.724. The first-order chi connectivity index (χ1) is 6.60. The van der Waals surface area contributed by atoms with Gasteiger partial charge in [-0.3, -0.25) is 0 Å². The van der Waals surface area contributed by atoms with Crippen molar-refractivity contribution < 1.29 is 8.42 Å². The van der Waals surface area contributed by atoms with Crippen LogP contribution >= 0.6 is 0 Å². The van der Waals surface area contributed by atoms with Gasteiger partial charge in [0.25, 0.3) is 0 Å². The molecule has 4 heteroatoms. The first kappa shape index (κ1) is 11.2. The van der Waals surface area contributed by atoms with Gasteiger partial charge in [0.15, 0.2) is 14.9 Å². The van der Waals surface area contributed by atoms with Gasteiger partial charge in [0, 0.05) is 12.1 Å². The zero-order valence-electron chi connectivity index (χ0n) is 8.40. The van der Waals surface area contributed by atoms with Gasteiger partial charge in [-0.25, -0.2) is 13.4 Å². The Morgan fingerprint density at radius 3 is 2.64 bits per heavy atom. The average Bonchev–Trinajstić information content (AvgIpc) is 2.19. The normalized spacial score (nSPS) is 11.6. The summed E-state index contributed by atoms with van der Waals surface area (Å²) < 4.78 is 23.0. The third-order valence-corrected chi connectivity index (χ3v) is 3.48. The largest absolute Gasteiger partial charge is 0.241 e. The van der Waals surface area contributed by atoms with Crippen LogP contribution in [0.1, 0.15) is 26.0 Å². The van der Waals surface area contributed by atoms with Gasteiger partial charge < -0.3 is 0 Å². The summed E-state index contributed by atoms with van der Waals surface area (Å²) in [5, 5.41) is 0.169. The summed E-state index contributed by atoms with van der Waals surface area (Å²) in [6, 6.07) is 5.06. The molecule has 1 aromatic rings. The van der Waals surface area contributed by atoms with Crippen molar-refractivity contribution in [3.05, 3.63) is 30.3 Å². The Bertz CT molecular complexity index is 398. The second kappa shape index (κ2) is 4.55. The van der Waals surface area contributed by atoms with E-state index in [2.05, 4.69) is 4.98 Å². The molecule has 1 radical (unpaired) electrons. The lowest BCUT2D eigenvalue weighted by Crippen LogP contribution is -2.06. The van der Waals surface area contributed by atoms with Gasteiger partial charge in [-0.1, -0.05) is 19.9 Å². The van der Waals surface area contributed by atoms with Crippen LogP contribution in [0.2, 0.25) is 0 Å². The third-order valence-electron chi connectivity index (χ3n) is 1.86. The molecule has 0 aliphatic heterocycles. The number of aromatic nitrogens is 1. The molecule has 0 amide bonds. The highest BCUT2D eigenvalue weighted by Gasteiger charge is 2.12. The van der Waals surface area contributed by atoms with Crippen molar-refractivity contribution in [1.82, 2.24) is 4.98 Å². The molecule has 0 aromatic carbocycles. The zero-order valence-corrected chi connectivity index (χ0v) is 9.21. The maximum absolute atomic E-state index is 11.5. The Morgan fingerprint density at radius 2 is 2.07 bits per heavy atom. The molecule has 0 unspecified atom stereocenters. The summed E-state index contributed by atoms with van der Waals surface area (Å²) in [5.74, 6) is 0.0928. The predicted molar refractivity (Wildman–Crippen MR) is 55.7 cm³/mol. The van der Waals surface area contributed by atoms with Gasteiger partial charge >= 0.3 is 0 Å². The van der Waals surface area contributed by atoms with Gasteiger partial charge in [-0.15, -0.1) is 0 Å². The lowest BCUT2D eigenvalue weighted by molar-refractivity contribution is 0.593. The molecule has 0 atom stereocenters. The number of nitrogens with zero attached hydrogens (tertiary/aromatic N) is 1. The van der Waals surface area contributed by atoms with Crippen LogP contribution in [-0.2, 0) is 9.84 Å². The highest BCUT2D eigenvalue weighted by molar-refractivity contribution is 7.91. The minimum atomic E-state index is -3.17. The van der Waals surface area contributed by atoms with E-state index in [1.54, 1.807) is 19.1 Å². The van der Waals surface area contributed by atoms with Gasteiger partial charge in [0.05, 0.1) is 5.75 Å². The fraction of sp³-hybridized carbons (Fsp3) is 0.400. The monoisotopic (exact) mass is 212 g/mol. The Balaban J connectivity index is 3.06. The topological polar surface area (TPSA) is 47.0 Å². The van der Waals surface area contributed by atoms with Crippen molar-refractivity contribution in [3.8, 4) is 0 Å². The number of rotatable bonds is 4.